The first-order valence-electron chi connectivity index (χ1n) is 11.4. The molecular weight excluding hydrogens is 539 g/mol. The maximum absolute atomic E-state index is 12.6. The second-order valence-electron chi connectivity index (χ2n) is 7.96. The molecular formula is C27H25Cl3N2O3S. The Morgan fingerprint density at radius 1 is 1.00 bits per heavy atom. The van der Waals surface area contributed by atoms with Gasteiger partial charge in [0.2, 0.25) is 0 Å². The number of hydrogen-bond donors (Lipinski definition) is 2. The van der Waals surface area contributed by atoms with Crippen molar-refractivity contribution in [1.82, 2.24) is 5.32 Å². The molecule has 4 rings (SSSR count). The lowest BCUT2D eigenvalue weighted by atomic mass is 10.1. The van der Waals surface area contributed by atoms with Crippen LogP contribution in [0.2, 0.25) is 15.1 Å². The van der Waals surface area contributed by atoms with E-state index in [1.165, 1.54) is 17.3 Å². The van der Waals surface area contributed by atoms with Crippen LogP contribution in [-0.4, -0.2) is 18.0 Å². The Kier molecular flexibility index (Phi) is 8.96. The lowest BCUT2D eigenvalue weighted by molar-refractivity contribution is -0.116. The first-order valence-corrected chi connectivity index (χ1v) is 13.5. The number of ether oxygens (including phenoxy) is 2. The van der Waals surface area contributed by atoms with E-state index in [9.17, 15) is 4.79 Å². The molecule has 1 atom stereocenters. The molecule has 0 radical (unpaired) electrons. The normalized spacial score (nSPS) is 16.2. The van der Waals surface area contributed by atoms with Gasteiger partial charge in [0.25, 0.3) is 5.91 Å². The van der Waals surface area contributed by atoms with Crippen LogP contribution < -0.4 is 20.1 Å². The van der Waals surface area contributed by atoms with Gasteiger partial charge in [-0.2, -0.15) is 0 Å². The number of aryl methyl sites for hydroxylation is 1. The molecule has 1 aliphatic heterocycles. The average molecular weight is 564 g/mol. The van der Waals surface area contributed by atoms with Gasteiger partial charge in [0.15, 0.2) is 17.0 Å². The van der Waals surface area contributed by atoms with Crippen molar-refractivity contribution in [2.75, 3.05) is 11.9 Å². The van der Waals surface area contributed by atoms with Crippen molar-refractivity contribution in [3.8, 4) is 11.5 Å². The van der Waals surface area contributed by atoms with Gasteiger partial charge in [0, 0.05) is 21.3 Å². The van der Waals surface area contributed by atoms with Crippen LogP contribution in [0.15, 0.2) is 59.5 Å². The summed E-state index contributed by atoms with van der Waals surface area (Å²) in [6, 6.07) is 16.9. The summed E-state index contributed by atoms with van der Waals surface area (Å²) in [5.41, 5.74) is 3.42. The van der Waals surface area contributed by atoms with Crippen LogP contribution in [0.3, 0.4) is 0 Å². The van der Waals surface area contributed by atoms with Gasteiger partial charge < -0.3 is 20.1 Å². The Morgan fingerprint density at radius 2 is 1.78 bits per heavy atom. The van der Waals surface area contributed by atoms with E-state index in [-0.39, 0.29) is 18.0 Å². The van der Waals surface area contributed by atoms with Crippen molar-refractivity contribution in [2.45, 2.75) is 32.4 Å². The van der Waals surface area contributed by atoms with Gasteiger partial charge in [-0.1, -0.05) is 71.7 Å². The fraction of sp³-hybridized carbons (Fsp3) is 0.222. The summed E-state index contributed by atoms with van der Waals surface area (Å²) in [5, 5.41) is 7.70. The van der Waals surface area contributed by atoms with E-state index in [0.29, 0.717) is 38.1 Å². The summed E-state index contributed by atoms with van der Waals surface area (Å²) in [7, 11) is 0. The predicted octanol–water partition coefficient (Wildman–Crippen LogP) is 7.79. The molecule has 36 heavy (non-hydrogen) atoms. The van der Waals surface area contributed by atoms with E-state index < -0.39 is 0 Å². The highest BCUT2D eigenvalue weighted by Crippen LogP contribution is 2.39. The second-order valence-corrected chi connectivity index (χ2v) is 10.4. The lowest BCUT2D eigenvalue weighted by Gasteiger charge is -2.15. The van der Waals surface area contributed by atoms with Crippen molar-refractivity contribution >= 4 is 64.2 Å². The van der Waals surface area contributed by atoms with Gasteiger partial charge in [-0.15, -0.1) is 0 Å². The van der Waals surface area contributed by atoms with E-state index in [2.05, 4.69) is 29.7 Å². The molecule has 3 aromatic rings. The first-order chi connectivity index (χ1) is 17.4. The highest BCUT2D eigenvalue weighted by molar-refractivity contribution is 8.05. The molecule has 3 aromatic carbocycles. The zero-order chi connectivity index (χ0) is 25.7. The fourth-order valence-corrected chi connectivity index (χ4v) is 5.29. The van der Waals surface area contributed by atoms with E-state index in [4.69, 9.17) is 44.3 Å². The third-order valence-electron chi connectivity index (χ3n) is 5.41. The highest BCUT2D eigenvalue weighted by atomic mass is 35.5. The third-order valence-corrected chi connectivity index (χ3v) is 7.30. The molecule has 0 bridgehead atoms. The van der Waals surface area contributed by atoms with Crippen LogP contribution in [0.4, 0.5) is 5.69 Å². The zero-order valence-corrected chi connectivity index (χ0v) is 22.8. The number of carbonyl (C=O) groups excluding carboxylic acids is 1. The quantitative estimate of drug-likeness (QED) is 0.260. The monoisotopic (exact) mass is 562 g/mol. The number of halogens is 3. The maximum Gasteiger partial charge on any atom is 0.260 e. The maximum atomic E-state index is 12.6. The summed E-state index contributed by atoms with van der Waals surface area (Å²) < 4.78 is 11.8. The van der Waals surface area contributed by atoms with Gasteiger partial charge in [-0.3, -0.25) is 4.79 Å². The van der Waals surface area contributed by atoms with E-state index in [0.717, 1.165) is 23.2 Å². The van der Waals surface area contributed by atoms with Crippen LogP contribution in [0, 0.1) is 0 Å². The van der Waals surface area contributed by atoms with Crippen molar-refractivity contribution in [2.24, 2.45) is 0 Å². The number of amides is 1. The number of benzene rings is 3. The Balaban J connectivity index is 1.50. The van der Waals surface area contributed by atoms with E-state index in [1.807, 2.05) is 19.1 Å². The number of carbonyl (C=O) groups is 1. The minimum atomic E-state index is -0.273. The van der Waals surface area contributed by atoms with Crippen LogP contribution >= 0.6 is 46.6 Å². The van der Waals surface area contributed by atoms with Crippen LogP contribution in [0.5, 0.6) is 11.5 Å². The van der Waals surface area contributed by atoms with Crippen molar-refractivity contribution < 1.29 is 14.3 Å². The topological polar surface area (TPSA) is 59.6 Å². The molecule has 9 heteroatoms. The van der Waals surface area contributed by atoms with Crippen molar-refractivity contribution in [3.63, 3.8) is 0 Å². The SMILES string of the molecule is CCOc1cc(/C=C2\S[C@H](Nc3ccc(CC)cc3)NC2=O)cc(Cl)c1OCc1ccc(Cl)cc1Cl. The number of thioether (sulfide) groups is 1. The summed E-state index contributed by atoms with van der Waals surface area (Å²) in [5.74, 6) is 0.732. The second kappa shape index (κ2) is 12.2. The molecule has 5 nitrogen and oxygen atoms in total. The molecule has 1 amide bonds. The van der Waals surface area contributed by atoms with Gasteiger partial charge in [-0.25, -0.2) is 0 Å². The zero-order valence-electron chi connectivity index (χ0n) is 19.7. The molecule has 2 N–H and O–H groups in total. The van der Waals surface area contributed by atoms with Gasteiger partial charge >= 0.3 is 0 Å². The Hall–Kier alpha value is -2.51. The number of rotatable bonds is 9. The molecule has 0 unspecified atom stereocenters. The Bertz CT molecular complexity index is 1280. The fourth-order valence-electron chi connectivity index (χ4n) is 3.57. The summed E-state index contributed by atoms with van der Waals surface area (Å²) in [4.78, 5) is 13.2. The number of hydrogen-bond acceptors (Lipinski definition) is 5. The molecule has 1 fully saturated rings. The lowest BCUT2D eigenvalue weighted by Crippen LogP contribution is -2.30. The molecule has 0 saturated carbocycles. The molecule has 188 valence electrons. The summed E-state index contributed by atoms with van der Waals surface area (Å²) in [6.45, 7) is 4.61. The summed E-state index contributed by atoms with van der Waals surface area (Å²) >= 11 is 20.2. The van der Waals surface area contributed by atoms with E-state index >= 15 is 0 Å². The predicted molar refractivity (Wildman–Crippen MR) is 150 cm³/mol. The van der Waals surface area contributed by atoms with Crippen molar-refractivity contribution in [3.05, 3.63) is 91.3 Å². The molecule has 1 aliphatic rings. The largest absolute Gasteiger partial charge is 0.490 e. The Labute approximate surface area is 230 Å². The standard InChI is InChI=1S/C27H25Cl3N2O3S/c1-3-16-5-9-20(10-6-16)31-27-32-26(33)24(36-27)13-17-11-22(30)25(23(12-17)34-4-2)35-15-18-7-8-19(28)14-21(18)29/h5-14,27,31H,3-4,15H2,1-2H3,(H,32,33)/b24-13-/t27-/m1/s1. The highest BCUT2D eigenvalue weighted by Gasteiger charge is 2.27. The molecule has 0 aliphatic carbocycles. The van der Waals surface area contributed by atoms with Gasteiger partial charge in [-0.05, 0) is 66.9 Å². The molecule has 1 heterocycles. The average Bonchev–Trinajstić information content (AvgIpc) is 3.18. The van der Waals surface area contributed by atoms with E-state index in [1.54, 1.807) is 36.4 Å². The first kappa shape index (κ1) is 26.6. The van der Waals surface area contributed by atoms with Crippen LogP contribution in [-0.2, 0) is 17.8 Å². The molecule has 1 saturated heterocycles. The van der Waals surface area contributed by atoms with Gasteiger partial charge in [0.1, 0.15) is 6.61 Å². The van der Waals surface area contributed by atoms with Crippen molar-refractivity contribution in [1.29, 1.82) is 0 Å². The molecule has 0 aromatic heterocycles. The number of anilines is 1. The number of nitrogens with one attached hydrogen (secondary N) is 2. The summed E-state index contributed by atoms with van der Waals surface area (Å²) in [6.07, 6.45) is 2.77. The third kappa shape index (κ3) is 6.62. The van der Waals surface area contributed by atoms with Crippen LogP contribution in [0.1, 0.15) is 30.5 Å². The van der Waals surface area contributed by atoms with Crippen LogP contribution in [0.25, 0.3) is 6.08 Å². The smallest absolute Gasteiger partial charge is 0.260 e. The molecule has 0 spiro atoms. The minimum absolute atomic E-state index is 0.158. The van der Waals surface area contributed by atoms with Gasteiger partial charge in [0.05, 0.1) is 16.5 Å². The Morgan fingerprint density at radius 3 is 2.47 bits per heavy atom. The minimum Gasteiger partial charge on any atom is -0.490 e.